The van der Waals surface area contributed by atoms with E-state index in [2.05, 4.69) is 6.92 Å². The highest BCUT2D eigenvalue weighted by atomic mass is 35.5. The van der Waals surface area contributed by atoms with Crippen LogP contribution < -0.4 is 5.43 Å². The monoisotopic (exact) mass is 318 g/mol. The van der Waals surface area contributed by atoms with Crippen molar-refractivity contribution in [3.8, 4) is 0 Å². The molecule has 1 aliphatic rings. The van der Waals surface area contributed by atoms with Gasteiger partial charge >= 0.3 is 0 Å². The van der Waals surface area contributed by atoms with Crippen molar-refractivity contribution in [3.63, 3.8) is 0 Å². The number of amides is 1. The van der Waals surface area contributed by atoms with Crippen molar-refractivity contribution >= 4 is 28.4 Å². The minimum atomic E-state index is -0.0759. The maximum Gasteiger partial charge on any atom is 0.242 e. The van der Waals surface area contributed by atoms with Gasteiger partial charge in [-0.25, -0.2) is 0 Å². The zero-order valence-electron chi connectivity index (χ0n) is 12.6. The van der Waals surface area contributed by atoms with Gasteiger partial charge in [-0.2, -0.15) is 0 Å². The van der Waals surface area contributed by atoms with Crippen LogP contribution in [0.2, 0.25) is 5.02 Å². The maximum absolute atomic E-state index is 12.5. The Balaban J connectivity index is 1.86. The number of carbonyl (C=O) groups is 1. The zero-order valence-corrected chi connectivity index (χ0v) is 13.3. The van der Waals surface area contributed by atoms with E-state index in [1.54, 1.807) is 24.4 Å². The number of rotatable bonds is 2. The number of halogens is 1. The lowest BCUT2D eigenvalue weighted by molar-refractivity contribution is -0.133. The summed E-state index contributed by atoms with van der Waals surface area (Å²) in [4.78, 5) is 26.3. The first-order chi connectivity index (χ1) is 10.5. The number of carbonyl (C=O) groups excluding carboxylic acids is 1. The van der Waals surface area contributed by atoms with Crippen LogP contribution in [0.4, 0.5) is 0 Å². The van der Waals surface area contributed by atoms with Gasteiger partial charge in [-0.3, -0.25) is 9.59 Å². The molecule has 3 rings (SSSR count). The van der Waals surface area contributed by atoms with Crippen LogP contribution in [0.5, 0.6) is 0 Å². The smallest absolute Gasteiger partial charge is 0.242 e. The molecule has 0 unspecified atom stereocenters. The summed E-state index contributed by atoms with van der Waals surface area (Å²) in [6.07, 6.45) is 3.81. The van der Waals surface area contributed by atoms with Gasteiger partial charge in [0, 0.05) is 35.8 Å². The molecule has 0 bridgehead atoms. The molecule has 5 heteroatoms. The predicted octanol–water partition coefficient (Wildman–Crippen LogP) is 2.91. The summed E-state index contributed by atoms with van der Waals surface area (Å²) in [5.41, 5.74) is 0.670. The standard InChI is InChI=1S/C17H19ClN2O2/c1-12-4-7-19(8-5-12)17(22)11-20-9-6-16(21)14-10-13(18)2-3-15(14)20/h2-3,6,9-10,12H,4-5,7-8,11H2,1H3. The van der Waals surface area contributed by atoms with Gasteiger partial charge in [0.25, 0.3) is 0 Å². The van der Waals surface area contributed by atoms with Crippen LogP contribution in [0.15, 0.2) is 35.3 Å². The van der Waals surface area contributed by atoms with E-state index in [1.165, 1.54) is 6.07 Å². The molecule has 0 radical (unpaired) electrons. The van der Waals surface area contributed by atoms with E-state index >= 15 is 0 Å². The molecule has 2 aromatic rings. The quantitative estimate of drug-likeness (QED) is 0.854. The number of hydrogen-bond donors (Lipinski definition) is 0. The zero-order chi connectivity index (χ0) is 15.7. The van der Waals surface area contributed by atoms with E-state index in [0.29, 0.717) is 16.3 Å². The lowest BCUT2D eigenvalue weighted by Gasteiger charge is -2.30. The van der Waals surface area contributed by atoms with Gasteiger partial charge in [0.2, 0.25) is 5.91 Å². The second-order valence-electron chi connectivity index (χ2n) is 6.03. The van der Waals surface area contributed by atoms with Crippen LogP contribution in [0.25, 0.3) is 10.9 Å². The Morgan fingerprint density at radius 2 is 2.00 bits per heavy atom. The predicted molar refractivity (Wildman–Crippen MR) is 88.2 cm³/mol. The summed E-state index contributed by atoms with van der Waals surface area (Å²) in [5, 5.41) is 1.08. The summed E-state index contributed by atoms with van der Waals surface area (Å²) in [5.74, 6) is 0.797. The van der Waals surface area contributed by atoms with Crippen LogP contribution in [-0.2, 0) is 11.3 Å². The number of benzene rings is 1. The Morgan fingerprint density at radius 3 is 2.73 bits per heavy atom. The molecule has 1 amide bonds. The Labute approximate surface area is 134 Å². The Kier molecular flexibility index (Phi) is 4.21. The lowest BCUT2D eigenvalue weighted by atomic mass is 9.99. The average Bonchev–Trinajstić information content (AvgIpc) is 2.51. The van der Waals surface area contributed by atoms with Crippen LogP contribution in [0, 0.1) is 5.92 Å². The number of likely N-dealkylation sites (tertiary alicyclic amines) is 1. The van der Waals surface area contributed by atoms with E-state index in [9.17, 15) is 9.59 Å². The van der Waals surface area contributed by atoms with Gasteiger partial charge in [-0.05, 0) is 37.0 Å². The number of nitrogens with zero attached hydrogens (tertiary/aromatic N) is 2. The fourth-order valence-electron chi connectivity index (χ4n) is 2.93. The third-order valence-corrected chi connectivity index (χ3v) is 4.62. The molecule has 0 N–H and O–H groups in total. The van der Waals surface area contributed by atoms with Gasteiger partial charge in [0.1, 0.15) is 6.54 Å². The summed E-state index contributed by atoms with van der Waals surface area (Å²) < 4.78 is 1.83. The SMILES string of the molecule is CC1CCN(C(=O)Cn2ccc(=O)c3cc(Cl)ccc32)CC1. The molecule has 0 spiro atoms. The topological polar surface area (TPSA) is 42.3 Å². The van der Waals surface area contributed by atoms with Gasteiger partial charge in [0.05, 0.1) is 5.52 Å². The van der Waals surface area contributed by atoms with Gasteiger partial charge in [0.15, 0.2) is 5.43 Å². The number of aromatic nitrogens is 1. The molecule has 1 aliphatic heterocycles. The van der Waals surface area contributed by atoms with Crippen LogP contribution in [0.1, 0.15) is 19.8 Å². The van der Waals surface area contributed by atoms with E-state index in [-0.39, 0.29) is 17.9 Å². The molecule has 1 aromatic heterocycles. The van der Waals surface area contributed by atoms with E-state index < -0.39 is 0 Å². The Morgan fingerprint density at radius 1 is 1.27 bits per heavy atom. The number of piperidine rings is 1. The molecule has 0 atom stereocenters. The summed E-state index contributed by atoms with van der Waals surface area (Å²) in [6.45, 7) is 4.13. The molecule has 1 fully saturated rings. The van der Waals surface area contributed by atoms with Crippen molar-refractivity contribution in [2.75, 3.05) is 13.1 Å². The third kappa shape index (κ3) is 3.02. The number of fused-ring (bicyclic) bond motifs is 1. The van der Waals surface area contributed by atoms with E-state index in [4.69, 9.17) is 11.6 Å². The average molecular weight is 319 g/mol. The molecule has 1 saturated heterocycles. The van der Waals surface area contributed by atoms with Crippen molar-refractivity contribution in [2.45, 2.75) is 26.3 Å². The van der Waals surface area contributed by atoms with Gasteiger partial charge in [-0.1, -0.05) is 18.5 Å². The molecule has 2 heterocycles. The molecule has 22 heavy (non-hydrogen) atoms. The van der Waals surface area contributed by atoms with Gasteiger partial charge < -0.3 is 9.47 Å². The first-order valence-electron chi connectivity index (χ1n) is 7.61. The lowest BCUT2D eigenvalue weighted by Crippen LogP contribution is -2.39. The fourth-order valence-corrected chi connectivity index (χ4v) is 3.10. The highest BCUT2D eigenvalue weighted by Gasteiger charge is 2.20. The summed E-state index contributed by atoms with van der Waals surface area (Å²) >= 11 is 5.96. The third-order valence-electron chi connectivity index (χ3n) is 4.38. The highest BCUT2D eigenvalue weighted by molar-refractivity contribution is 6.31. The molecule has 0 saturated carbocycles. The summed E-state index contributed by atoms with van der Waals surface area (Å²) in [7, 11) is 0. The largest absolute Gasteiger partial charge is 0.341 e. The molecule has 116 valence electrons. The minimum Gasteiger partial charge on any atom is -0.341 e. The van der Waals surface area contributed by atoms with Gasteiger partial charge in [-0.15, -0.1) is 0 Å². The fraction of sp³-hybridized carbons (Fsp3) is 0.412. The van der Waals surface area contributed by atoms with Crippen molar-refractivity contribution in [2.24, 2.45) is 5.92 Å². The van der Waals surface area contributed by atoms with Crippen LogP contribution >= 0.6 is 11.6 Å². The molecule has 4 nitrogen and oxygen atoms in total. The van der Waals surface area contributed by atoms with E-state index in [0.717, 1.165) is 31.4 Å². The second-order valence-corrected chi connectivity index (χ2v) is 6.47. The summed E-state index contributed by atoms with van der Waals surface area (Å²) in [6, 6.07) is 6.69. The van der Waals surface area contributed by atoms with Crippen molar-refractivity contribution < 1.29 is 4.79 Å². The molecule has 0 aliphatic carbocycles. The first kappa shape index (κ1) is 15.1. The van der Waals surface area contributed by atoms with E-state index in [1.807, 2.05) is 9.47 Å². The first-order valence-corrected chi connectivity index (χ1v) is 7.99. The maximum atomic E-state index is 12.5. The molecular weight excluding hydrogens is 300 g/mol. The number of pyridine rings is 1. The minimum absolute atomic E-state index is 0.0759. The molecular formula is C17H19ClN2O2. The second kappa shape index (κ2) is 6.13. The Hall–Kier alpha value is -1.81. The van der Waals surface area contributed by atoms with Crippen molar-refractivity contribution in [1.29, 1.82) is 0 Å². The van der Waals surface area contributed by atoms with Crippen molar-refractivity contribution in [1.82, 2.24) is 9.47 Å². The van der Waals surface area contributed by atoms with Crippen molar-refractivity contribution in [3.05, 3.63) is 45.7 Å². The molecule has 1 aromatic carbocycles. The van der Waals surface area contributed by atoms with Crippen LogP contribution in [-0.4, -0.2) is 28.5 Å². The van der Waals surface area contributed by atoms with Crippen LogP contribution in [0.3, 0.4) is 0 Å². The highest BCUT2D eigenvalue weighted by Crippen LogP contribution is 2.18. The number of hydrogen-bond acceptors (Lipinski definition) is 2. The Bertz CT molecular complexity index is 761. The normalized spacial score (nSPS) is 16.2.